The van der Waals surface area contributed by atoms with Crippen LogP contribution in [0.15, 0.2) is 16.8 Å². The van der Waals surface area contributed by atoms with E-state index < -0.39 is 25.0 Å². The average molecular weight is 221 g/mol. The Balaban J connectivity index is 2.36. The van der Waals surface area contributed by atoms with Gasteiger partial charge in [0, 0.05) is 17.5 Å². The van der Waals surface area contributed by atoms with Gasteiger partial charge in [-0.1, -0.05) is 0 Å². The van der Waals surface area contributed by atoms with E-state index in [1.54, 1.807) is 16.8 Å². The third-order valence-corrected chi connectivity index (χ3v) is 2.23. The minimum atomic E-state index is -2.84. The van der Waals surface area contributed by atoms with Crippen LogP contribution in [0.5, 0.6) is 0 Å². The van der Waals surface area contributed by atoms with Crippen molar-refractivity contribution >= 4 is 17.2 Å². The summed E-state index contributed by atoms with van der Waals surface area (Å²) in [5.74, 6) is -0.453. The Bertz CT molecular complexity index is 290. The number of nitrogens with one attached hydrogen (secondary N) is 1. The highest BCUT2D eigenvalue weighted by molar-refractivity contribution is 7.08. The van der Waals surface area contributed by atoms with E-state index in [0.29, 0.717) is 5.56 Å². The number of rotatable bonds is 4. The van der Waals surface area contributed by atoms with Crippen molar-refractivity contribution in [2.45, 2.75) is 12.5 Å². The highest BCUT2D eigenvalue weighted by atomic mass is 32.1. The maximum Gasteiger partial charge on any atom is 0.265 e. The fourth-order valence-electron chi connectivity index (χ4n) is 0.782. The van der Waals surface area contributed by atoms with Gasteiger partial charge in [0.25, 0.3) is 12.3 Å². The number of thiophene rings is 1. The summed E-state index contributed by atoms with van der Waals surface area (Å²) < 4.78 is 23.6. The van der Waals surface area contributed by atoms with Crippen molar-refractivity contribution in [2.75, 3.05) is 6.54 Å². The second kappa shape index (κ2) is 5.02. The Kier molecular flexibility index (Phi) is 3.97. The van der Waals surface area contributed by atoms with Crippen molar-refractivity contribution < 1.29 is 18.7 Å². The maximum atomic E-state index is 11.8. The van der Waals surface area contributed by atoms with Crippen LogP contribution in [0.1, 0.15) is 10.4 Å². The molecular weight excluding hydrogens is 212 g/mol. The molecule has 0 aromatic carbocycles. The number of hydrogen-bond donors (Lipinski definition) is 2. The SMILES string of the molecule is O=C(NCC(O)C(F)F)c1ccsc1. The molecule has 0 radical (unpaired) electrons. The molecule has 0 saturated heterocycles. The van der Waals surface area contributed by atoms with Gasteiger partial charge in [-0.25, -0.2) is 8.78 Å². The number of aliphatic hydroxyl groups excluding tert-OH is 1. The molecular formula is C8H9F2NO2S. The summed E-state index contributed by atoms with van der Waals surface area (Å²) in [4.78, 5) is 11.2. The Morgan fingerprint density at radius 1 is 1.64 bits per heavy atom. The van der Waals surface area contributed by atoms with Gasteiger partial charge in [0.1, 0.15) is 6.10 Å². The van der Waals surface area contributed by atoms with E-state index in [-0.39, 0.29) is 0 Å². The molecule has 2 N–H and O–H groups in total. The summed E-state index contributed by atoms with van der Waals surface area (Å²) in [6.45, 7) is -0.438. The summed E-state index contributed by atoms with van der Waals surface area (Å²) in [6, 6.07) is 1.58. The number of carbonyl (C=O) groups is 1. The molecule has 1 amide bonds. The normalized spacial score (nSPS) is 12.9. The van der Waals surface area contributed by atoms with Gasteiger partial charge in [0.15, 0.2) is 0 Å². The molecule has 1 atom stereocenters. The van der Waals surface area contributed by atoms with Gasteiger partial charge >= 0.3 is 0 Å². The van der Waals surface area contributed by atoms with Crippen molar-refractivity contribution in [3.63, 3.8) is 0 Å². The molecule has 1 aromatic heterocycles. The van der Waals surface area contributed by atoms with Crippen LogP contribution in [-0.4, -0.2) is 30.1 Å². The van der Waals surface area contributed by atoms with Gasteiger partial charge in [-0.3, -0.25) is 4.79 Å². The first kappa shape index (κ1) is 11.1. The molecule has 1 aromatic rings. The smallest absolute Gasteiger partial charge is 0.265 e. The lowest BCUT2D eigenvalue weighted by atomic mass is 10.3. The number of alkyl halides is 2. The van der Waals surface area contributed by atoms with Crippen LogP contribution in [0, 0.1) is 0 Å². The Morgan fingerprint density at radius 2 is 2.36 bits per heavy atom. The topological polar surface area (TPSA) is 49.3 Å². The van der Waals surface area contributed by atoms with Gasteiger partial charge in [0.05, 0.1) is 0 Å². The van der Waals surface area contributed by atoms with Gasteiger partial charge in [0.2, 0.25) is 0 Å². The third kappa shape index (κ3) is 3.04. The molecule has 1 heterocycles. The summed E-state index contributed by atoms with van der Waals surface area (Å²) >= 11 is 1.34. The molecule has 0 saturated carbocycles. The second-order valence-electron chi connectivity index (χ2n) is 2.62. The molecule has 1 rings (SSSR count). The van der Waals surface area contributed by atoms with E-state index in [2.05, 4.69) is 5.32 Å². The van der Waals surface area contributed by atoms with E-state index in [1.807, 2.05) is 0 Å². The largest absolute Gasteiger partial charge is 0.385 e. The molecule has 14 heavy (non-hydrogen) atoms. The lowest BCUT2D eigenvalue weighted by molar-refractivity contribution is -0.00270. The van der Waals surface area contributed by atoms with E-state index in [9.17, 15) is 13.6 Å². The Labute approximate surface area is 83.4 Å². The fourth-order valence-corrected chi connectivity index (χ4v) is 1.42. The van der Waals surface area contributed by atoms with Crippen molar-refractivity contribution in [3.8, 4) is 0 Å². The number of aliphatic hydroxyl groups is 1. The van der Waals surface area contributed by atoms with E-state index >= 15 is 0 Å². The number of halogens is 2. The molecule has 0 aliphatic rings. The molecule has 0 spiro atoms. The third-order valence-electron chi connectivity index (χ3n) is 1.55. The zero-order valence-corrected chi connectivity index (χ0v) is 7.93. The first-order chi connectivity index (χ1) is 6.61. The summed E-state index contributed by atoms with van der Waals surface area (Å²) in [7, 11) is 0. The molecule has 78 valence electrons. The van der Waals surface area contributed by atoms with Crippen LogP contribution in [0.25, 0.3) is 0 Å². The zero-order chi connectivity index (χ0) is 10.6. The van der Waals surface area contributed by atoms with Gasteiger partial charge in [-0.2, -0.15) is 11.3 Å². The first-order valence-corrected chi connectivity index (χ1v) is 4.82. The monoisotopic (exact) mass is 221 g/mol. The second-order valence-corrected chi connectivity index (χ2v) is 3.40. The zero-order valence-electron chi connectivity index (χ0n) is 7.11. The van der Waals surface area contributed by atoms with E-state index in [1.165, 1.54) is 11.3 Å². The van der Waals surface area contributed by atoms with Crippen molar-refractivity contribution in [1.29, 1.82) is 0 Å². The quantitative estimate of drug-likeness (QED) is 0.800. The van der Waals surface area contributed by atoms with Gasteiger partial charge < -0.3 is 10.4 Å². The first-order valence-electron chi connectivity index (χ1n) is 3.88. The molecule has 0 fully saturated rings. The maximum absolute atomic E-state index is 11.8. The van der Waals surface area contributed by atoms with Crippen LogP contribution in [0.4, 0.5) is 8.78 Å². The van der Waals surface area contributed by atoms with Crippen molar-refractivity contribution in [3.05, 3.63) is 22.4 Å². The summed E-state index contributed by atoms with van der Waals surface area (Å²) in [5, 5.41) is 14.2. The van der Waals surface area contributed by atoms with Gasteiger partial charge in [-0.05, 0) is 11.4 Å². The molecule has 1 unspecified atom stereocenters. The molecule has 0 bridgehead atoms. The van der Waals surface area contributed by atoms with E-state index in [0.717, 1.165) is 0 Å². The van der Waals surface area contributed by atoms with Crippen LogP contribution in [-0.2, 0) is 0 Å². The summed E-state index contributed by atoms with van der Waals surface area (Å²) in [5.41, 5.74) is 0.413. The predicted octanol–water partition coefficient (Wildman–Crippen LogP) is 1.10. The standard InChI is InChI=1S/C8H9F2NO2S/c9-7(10)6(12)3-11-8(13)5-1-2-14-4-5/h1-2,4,6-7,12H,3H2,(H,11,13). The van der Waals surface area contributed by atoms with Crippen molar-refractivity contribution in [2.24, 2.45) is 0 Å². The fraction of sp³-hybridized carbons (Fsp3) is 0.375. The van der Waals surface area contributed by atoms with Crippen LogP contribution in [0.2, 0.25) is 0 Å². The average Bonchev–Trinajstić information content (AvgIpc) is 2.66. The van der Waals surface area contributed by atoms with Gasteiger partial charge in [-0.15, -0.1) is 0 Å². The lowest BCUT2D eigenvalue weighted by Crippen LogP contribution is -2.35. The molecule has 3 nitrogen and oxygen atoms in total. The van der Waals surface area contributed by atoms with Crippen LogP contribution < -0.4 is 5.32 Å². The minimum Gasteiger partial charge on any atom is -0.385 e. The Hall–Kier alpha value is -1.01. The van der Waals surface area contributed by atoms with Crippen LogP contribution in [0.3, 0.4) is 0 Å². The van der Waals surface area contributed by atoms with Crippen LogP contribution >= 0.6 is 11.3 Å². The highest BCUT2D eigenvalue weighted by Crippen LogP contribution is 2.05. The number of amides is 1. The van der Waals surface area contributed by atoms with E-state index in [4.69, 9.17) is 5.11 Å². The summed E-state index contributed by atoms with van der Waals surface area (Å²) in [6.07, 6.45) is -4.64. The highest BCUT2D eigenvalue weighted by Gasteiger charge is 2.17. The molecule has 0 aliphatic heterocycles. The molecule has 6 heteroatoms. The lowest BCUT2D eigenvalue weighted by Gasteiger charge is -2.09. The van der Waals surface area contributed by atoms with Crippen molar-refractivity contribution in [1.82, 2.24) is 5.32 Å². The minimum absolute atomic E-state index is 0.413. The predicted molar refractivity (Wildman–Crippen MR) is 48.7 cm³/mol. The number of hydrogen-bond acceptors (Lipinski definition) is 3. The number of carbonyl (C=O) groups excluding carboxylic acids is 1. The molecule has 0 aliphatic carbocycles. The Morgan fingerprint density at radius 3 is 2.86 bits per heavy atom.